The van der Waals surface area contributed by atoms with Crippen molar-refractivity contribution < 1.29 is 19.1 Å². The number of nitrogens with zero attached hydrogens (tertiary/aromatic N) is 1. The summed E-state index contributed by atoms with van der Waals surface area (Å²) in [5.74, 6) is -0.917. The molecule has 1 aliphatic heterocycles. The van der Waals surface area contributed by atoms with E-state index in [-0.39, 0.29) is 48.7 Å². The molecule has 1 heterocycles. The number of hydrogen-bond acceptors (Lipinski definition) is 4. The van der Waals surface area contributed by atoms with Crippen molar-refractivity contribution in [2.24, 2.45) is 11.8 Å². The van der Waals surface area contributed by atoms with Gasteiger partial charge in [0.15, 0.2) is 0 Å². The van der Waals surface area contributed by atoms with Crippen LogP contribution in [-0.4, -0.2) is 29.2 Å². The first-order valence-electron chi connectivity index (χ1n) is 9.08. The van der Waals surface area contributed by atoms with E-state index >= 15 is 0 Å². The third-order valence-electron chi connectivity index (χ3n) is 5.33. The summed E-state index contributed by atoms with van der Waals surface area (Å²) >= 11 is 0. The molecule has 1 saturated carbocycles. The number of carbonyl (C=O) groups excluding carboxylic acids is 3. The third-order valence-corrected chi connectivity index (χ3v) is 5.33. The van der Waals surface area contributed by atoms with Crippen molar-refractivity contribution in [3.8, 4) is 0 Å². The van der Waals surface area contributed by atoms with Crippen LogP contribution >= 0.6 is 0 Å². The van der Waals surface area contributed by atoms with Gasteiger partial charge in [0.2, 0.25) is 11.8 Å². The molecule has 3 rings (SSSR count). The number of rotatable bonds is 5. The normalized spacial score (nSPS) is 24.2. The summed E-state index contributed by atoms with van der Waals surface area (Å²) in [5.41, 5.74) is 2.08. The molecule has 0 spiro atoms. The predicted molar refractivity (Wildman–Crippen MR) is 92.5 cm³/mol. The molecule has 1 aromatic carbocycles. The lowest BCUT2D eigenvalue weighted by Gasteiger charge is -2.19. The van der Waals surface area contributed by atoms with Gasteiger partial charge in [0, 0.05) is 6.54 Å². The molecule has 3 atom stereocenters. The maximum absolute atomic E-state index is 12.4. The van der Waals surface area contributed by atoms with Crippen LogP contribution in [0.25, 0.3) is 0 Å². The Kier molecular flexibility index (Phi) is 5.21. The highest BCUT2D eigenvalue weighted by atomic mass is 16.5. The molecule has 0 N–H and O–H groups in total. The van der Waals surface area contributed by atoms with Crippen LogP contribution < -0.4 is 0 Å². The van der Waals surface area contributed by atoms with E-state index in [9.17, 15) is 14.4 Å². The Balaban J connectivity index is 1.52. The highest BCUT2D eigenvalue weighted by molar-refractivity contribution is 6.05. The number of carbonyl (C=O) groups is 3. The Labute approximate surface area is 148 Å². The molecule has 0 bridgehead atoms. The van der Waals surface area contributed by atoms with Crippen molar-refractivity contribution in [2.75, 3.05) is 6.54 Å². The summed E-state index contributed by atoms with van der Waals surface area (Å²) in [6.07, 6.45) is 3.29. The van der Waals surface area contributed by atoms with Crippen LogP contribution in [0.3, 0.4) is 0 Å². The van der Waals surface area contributed by atoms with Crippen LogP contribution in [0.15, 0.2) is 24.3 Å². The first-order chi connectivity index (χ1) is 12.0. The molecule has 1 saturated heterocycles. The molecule has 0 unspecified atom stereocenters. The fourth-order valence-electron chi connectivity index (χ4n) is 3.82. The van der Waals surface area contributed by atoms with Gasteiger partial charge in [0.1, 0.15) is 6.10 Å². The largest absolute Gasteiger partial charge is 0.458 e. The van der Waals surface area contributed by atoms with E-state index in [1.807, 2.05) is 38.1 Å². The SMILES string of the molecule is Cc1ccc([C@@H](C)OC(=O)CCN2C(=O)[C@H]3CCCC[C@@H]3C2=O)cc1. The maximum Gasteiger partial charge on any atom is 0.308 e. The smallest absolute Gasteiger partial charge is 0.308 e. The maximum atomic E-state index is 12.4. The molecule has 2 aliphatic rings. The van der Waals surface area contributed by atoms with Gasteiger partial charge in [-0.2, -0.15) is 0 Å². The monoisotopic (exact) mass is 343 g/mol. The molecular formula is C20H25NO4. The van der Waals surface area contributed by atoms with Crippen LogP contribution in [0.5, 0.6) is 0 Å². The van der Waals surface area contributed by atoms with Gasteiger partial charge in [-0.15, -0.1) is 0 Å². The highest BCUT2D eigenvalue weighted by Gasteiger charge is 2.47. The van der Waals surface area contributed by atoms with E-state index in [1.54, 1.807) is 0 Å². The molecule has 2 amide bonds. The molecule has 0 aromatic heterocycles. The highest BCUT2D eigenvalue weighted by Crippen LogP contribution is 2.38. The van der Waals surface area contributed by atoms with Gasteiger partial charge < -0.3 is 4.74 Å². The van der Waals surface area contributed by atoms with Crippen LogP contribution in [0, 0.1) is 18.8 Å². The van der Waals surface area contributed by atoms with Crippen molar-refractivity contribution in [3.05, 3.63) is 35.4 Å². The van der Waals surface area contributed by atoms with Gasteiger partial charge in [0.05, 0.1) is 18.3 Å². The molecule has 134 valence electrons. The average Bonchev–Trinajstić information content (AvgIpc) is 2.85. The molecule has 5 heteroatoms. The average molecular weight is 343 g/mol. The van der Waals surface area contributed by atoms with Gasteiger partial charge in [-0.3, -0.25) is 19.3 Å². The van der Waals surface area contributed by atoms with Gasteiger partial charge in [-0.25, -0.2) is 0 Å². The standard InChI is InChI=1S/C20H25NO4/c1-13-7-9-15(10-8-13)14(2)25-18(22)11-12-21-19(23)16-5-3-4-6-17(16)20(21)24/h7-10,14,16-17H,3-6,11-12H2,1-2H3/t14-,16+,17+/m1/s1. The lowest BCUT2D eigenvalue weighted by Crippen LogP contribution is -2.33. The molecule has 0 radical (unpaired) electrons. The predicted octanol–water partition coefficient (Wildman–Crippen LogP) is 3.16. The number of fused-ring (bicyclic) bond motifs is 1. The summed E-state index contributed by atoms with van der Waals surface area (Å²) in [6.45, 7) is 3.95. The second kappa shape index (κ2) is 7.38. The fourth-order valence-corrected chi connectivity index (χ4v) is 3.82. The van der Waals surface area contributed by atoms with E-state index in [1.165, 1.54) is 4.90 Å². The first-order valence-corrected chi connectivity index (χ1v) is 9.08. The van der Waals surface area contributed by atoms with Gasteiger partial charge in [0.25, 0.3) is 0 Å². The lowest BCUT2D eigenvalue weighted by atomic mass is 9.81. The van der Waals surface area contributed by atoms with Crippen molar-refractivity contribution in [1.82, 2.24) is 4.90 Å². The van der Waals surface area contributed by atoms with E-state index in [4.69, 9.17) is 4.74 Å². The number of amides is 2. The zero-order chi connectivity index (χ0) is 18.0. The van der Waals surface area contributed by atoms with Crippen LogP contribution in [0.1, 0.15) is 56.3 Å². The Hall–Kier alpha value is -2.17. The summed E-state index contributed by atoms with van der Waals surface area (Å²) in [5, 5.41) is 0. The van der Waals surface area contributed by atoms with Crippen molar-refractivity contribution in [2.45, 2.75) is 52.1 Å². The summed E-state index contributed by atoms with van der Waals surface area (Å²) in [4.78, 5) is 38.2. The van der Waals surface area contributed by atoms with E-state index < -0.39 is 0 Å². The number of aryl methyl sites for hydroxylation is 1. The van der Waals surface area contributed by atoms with E-state index in [0.29, 0.717) is 0 Å². The molecular weight excluding hydrogens is 318 g/mol. The van der Waals surface area contributed by atoms with Crippen molar-refractivity contribution >= 4 is 17.8 Å². The minimum atomic E-state index is -0.386. The number of ether oxygens (including phenoxy) is 1. The van der Waals surface area contributed by atoms with Crippen molar-refractivity contribution in [3.63, 3.8) is 0 Å². The second-order valence-corrected chi connectivity index (χ2v) is 7.12. The van der Waals surface area contributed by atoms with E-state index in [2.05, 4.69) is 0 Å². The zero-order valence-electron chi connectivity index (χ0n) is 14.9. The Morgan fingerprint density at radius 3 is 2.24 bits per heavy atom. The quantitative estimate of drug-likeness (QED) is 0.608. The Bertz CT molecular complexity index is 643. The minimum absolute atomic E-state index is 0.0487. The number of likely N-dealkylation sites (tertiary alicyclic amines) is 1. The lowest BCUT2D eigenvalue weighted by molar-refractivity contribution is -0.149. The molecule has 1 aromatic rings. The molecule has 5 nitrogen and oxygen atoms in total. The first kappa shape index (κ1) is 17.6. The molecule has 2 fully saturated rings. The van der Waals surface area contributed by atoms with Gasteiger partial charge >= 0.3 is 5.97 Å². The van der Waals surface area contributed by atoms with Crippen LogP contribution in [0.2, 0.25) is 0 Å². The fraction of sp³-hybridized carbons (Fsp3) is 0.550. The molecule has 1 aliphatic carbocycles. The Morgan fingerprint density at radius 1 is 1.12 bits per heavy atom. The van der Waals surface area contributed by atoms with E-state index in [0.717, 1.165) is 36.8 Å². The topological polar surface area (TPSA) is 63.7 Å². The van der Waals surface area contributed by atoms with Crippen LogP contribution in [0.4, 0.5) is 0 Å². The van der Waals surface area contributed by atoms with Gasteiger partial charge in [-0.1, -0.05) is 42.7 Å². The number of hydrogen-bond donors (Lipinski definition) is 0. The number of benzene rings is 1. The number of esters is 1. The summed E-state index contributed by atoms with van der Waals surface area (Å²) in [7, 11) is 0. The summed E-state index contributed by atoms with van der Waals surface area (Å²) < 4.78 is 5.44. The third kappa shape index (κ3) is 3.75. The zero-order valence-corrected chi connectivity index (χ0v) is 14.9. The van der Waals surface area contributed by atoms with Gasteiger partial charge in [-0.05, 0) is 32.3 Å². The second-order valence-electron chi connectivity index (χ2n) is 7.12. The van der Waals surface area contributed by atoms with Crippen LogP contribution in [-0.2, 0) is 19.1 Å². The molecule has 25 heavy (non-hydrogen) atoms. The minimum Gasteiger partial charge on any atom is -0.458 e. The number of imide groups is 1. The summed E-state index contributed by atoms with van der Waals surface area (Å²) in [6, 6.07) is 7.82. The van der Waals surface area contributed by atoms with Crippen molar-refractivity contribution in [1.29, 1.82) is 0 Å². The Morgan fingerprint density at radius 2 is 1.68 bits per heavy atom.